The first-order chi connectivity index (χ1) is 23.7. The molecule has 2 aliphatic heterocycles. The van der Waals surface area contributed by atoms with Gasteiger partial charge >= 0.3 is 6.18 Å². The number of anilines is 1. The average molecular weight is 732 g/mol. The number of halogens is 5. The predicted molar refractivity (Wildman–Crippen MR) is 171 cm³/mol. The minimum atomic E-state index is -4.76. The highest BCUT2D eigenvalue weighted by Gasteiger charge is 2.70. The third kappa shape index (κ3) is 4.90. The Labute approximate surface area is 292 Å². The Morgan fingerprint density at radius 2 is 1.74 bits per heavy atom. The number of aromatic hydroxyl groups is 1. The van der Waals surface area contributed by atoms with E-state index in [4.69, 9.17) is 32.7 Å². The van der Waals surface area contributed by atoms with Gasteiger partial charge in [-0.3, -0.25) is 29.9 Å². The number of benzene rings is 2. The highest BCUT2D eigenvalue weighted by Crippen LogP contribution is 2.65. The predicted octanol–water partition coefficient (Wildman–Crippen LogP) is 5.40. The number of phenols is 1. The lowest BCUT2D eigenvalue weighted by molar-refractivity contribution is -0.139. The SMILES string of the molecule is COc1cc(O)c([C@H]2C3=CC[C@@H]4C(=O)NC(=O)[C@@H]4[C@@H]3C[C@H]3C(=O)N(Nc4ncc(C(F)(F)F)cc4Cl)C(=O)[C@@]23c2ccc(Cl)cc2)c(OC)c1. The molecule has 0 unspecified atom stereocenters. The van der Waals surface area contributed by atoms with Crippen LogP contribution in [0.4, 0.5) is 19.0 Å². The van der Waals surface area contributed by atoms with E-state index in [1.165, 1.54) is 38.5 Å². The Bertz CT molecular complexity index is 2010. The lowest BCUT2D eigenvalue weighted by Crippen LogP contribution is -2.53. The van der Waals surface area contributed by atoms with Gasteiger partial charge in [-0.1, -0.05) is 47.0 Å². The number of imide groups is 2. The van der Waals surface area contributed by atoms with Crippen molar-refractivity contribution in [2.45, 2.75) is 30.4 Å². The van der Waals surface area contributed by atoms with E-state index in [1.54, 1.807) is 18.2 Å². The second-order valence-electron chi connectivity index (χ2n) is 12.5. The highest BCUT2D eigenvalue weighted by molar-refractivity contribution is 6.33. The molecule has 3 fully saturated rings. The van der Waals surface area contributed by atoms with Gasteiger partial charge in [-0.2, -0.15) is 18.2 Å². The van der Waals surface area contributed by atoms with Gasteiger partial charge in [0.25, 0.3) is 11.8 Å². The van der Waals surface area contributed by atoms with E-state index in [0.717, 1.165) is 0 Å². The summed E-state index contributed by atoms with van der Waals surface area (Å²) in [6.45, 7) is 0. The normalized spacial score (nSPS) is 27.3. The molecule has 1 saturated carbocycles. The van der Waals surface area contributed by atoms with Crippen molar-refractivity contribution in [3.05, 3.63) is 87.0 Å². The molecule has 0 bridgehead atoms. The van der Waals surface area contributed by atoms with Crippen LogP contribution in [0.1, 0.15) is 35.4 Å². The number of ether oxygens (including phenoxy) is 2. The maximum absolute atomic E-state index is 15.2. The zero-order chi connectivity index (χ0) is 35.9. The van der Waals surface area contributed by atoms with Crippen molar-refractivity contribution >= 4 is 52.6 Å². The number of alkyl halides is 3. The summed E-state index contributed by atoms with van der Waals surface area (Å²) in [6, 6.07) is 9.66. The summed E-state index contributed by atoms with van der Waals surface area (Å²) in [5.41, 5.74) is 0.506. The number of aromatic nitrogens is 1. The van der Waals surface area contributed by atoms with E-state index in [0.29, 0.717) is 33.4 Å². The topological polar surface area (TPSA) is 147 Å². The molecule has 0 spiro atoms. The zero-order valence-electron chi connectivity index (χ0n) is 26.2. The third-order valence-electron chi connectivity index (χ3n) is 10.2. The average Bonchev–Trinajstić information content (AvgIpc) is 3.49. The number of carbonyl (C=O) groups excluding carboxylic acids is 4. The van der Waals surface area contributed by atoms with Gasteiger partial charge in [0.05, 0.1) is 48.0 Å². The monoisotopic (exact) mass is 730 g/mol. The standard InChI is InChI=1S/C34H27Cl2F3N4O7/c1-49-17-10-23(44)26(24(11-17)50-2)27-18-7-8-19-25(30(46)41-29(19)45)20(18)12-21-31(47)43(32(48)33(21,27)14-3-5-16(35)6-4-14)42-28-22(36)9-15(13-40-28)34(37,38)39/h3-7,9-11,13,19-21,25,27,44H,8,12H2,1-2H3,(H,40,42)(H,41,45,46)/t19-,20+,21-,25-,27+,33+/m0/s1. The number of nitrogens with zero attached hydrogens (tertiary/aromatic N) is 2. The summed E-state index contributed by atoms with van der Waals surface area (Å²) in [5, 5.41) is 14.5. The Hall–Kier alpha value is -4.82. The van der Waals surface area contributed by atoms with E-state index in [2.05, 4.69) is 15.7 Å². The molecule has 3 N–H and O–H groups in total. The van der Waals surface area contributed by atoms with Crippen LogP contribution >= 0.6 is 23.2 Å². The Morgan fingerprint density at radius 1 is 1.02 bits per heavy atom. The smallest absolute Gasteiger partial charge is 0.417 e. The molecule has 4 amide bonds. The van der Waals surface area contributed by atoms with Crippen molar-refractivity contribution in [2.75, 3.05) is 19.6 Å². The van der Waals surface area contributed by atoms with E-state index in [9.17, 15) is 32.7 Å². The third-order valence-corrected chi connectivity index (χ3v) is 10.8. The van der Waals surface area contributed by atoms with Gasteiger partial charge in [0.15, 0.2) is 5.82 Å². The van der Waals surface area contributed by atoms with Gasteiger partial charge in [-0.25, -0.2) is 4.98 Å². The summed E-state index contributed by atoms with van der Waals surface area (Å²) in [6.07, 6.45) is -2.42. The van der Waals surface area contributed by atoms with Crippen LogP contribution in [-0.4, -0.2) is 52.9 Å². The second kappa shape index (κ2) is 11.9. The summed E-state index contributed by atoms with van der Waals surface area (Å²) < 4.78 is 51.3. The van der Waals surface area contributed by atoms with Gasteiger partial charge in [-0.15, -0.1) is 0 Å². The molecule has 11 nitrogen and oxygen atoms in total. The van der Waals surface area contributed by atoms with Crippen molar-refractivity contribution < 1.29 is 46.9 Å². The summed E-state index contributed by atoms with van der Waals surface area (Å²) in [7, 11) is 2.74. The highest BCUT2D eigenvalue weighted by atomic mass is 35.5. The molecule has 50 heavy (non-hydrogen) atoms. The van der Waals surface area contributed by atoms with Crippen molar-refractivity contribution in [3.8, 4) is 17.2 Å². The molecule has 1 aromatic heterocycles. The Morgan fingerprint density at radius 3 is 2.38 bits per heavy atom. The molecule has 6 atom stereocenters. The molecule has 7 rings (SSSR count). The van der Waals surface area contributed by atoms with Crippen LogP contribution in [0.25, 0.3) is 0 Å². The number of phenolic OH excluding ortho intramolecular Hbond substituents is 1. The van der Waals surface area contributed by atoms with Gasteiger partial charge < -0.3 is 14.6 Å². The first-order valence-corrected chi connectivity index (χ1v) is 16.1. The molecule has 3 aromatic rings. The first kappa shape index (κ1) is 33.7. The summed E-state index contributed by atoms with van der Waals surface area (Å²) >= 11 is 12.5. The summed E-state index contributed by atoms with van der Waals surface area (Å²) in [5.74, 6) is -7.80. The summed E-state index contributed by atoms with van der Waals surface area (Å²) in [4.78, 5) is 59.7. The molecule has 260 valence electrons. The zero-order valence-corrected chi connectivity index (χ0v) is 27.7. The molecule has 0 radical (unpaired) electrons. The van der Waals surface area contributed by atoms with Crippen LogP contribution < -0.4 is 20.2 Å². The van der Waals surface area contributed by atoms with Crippen LogP contribution in [0, 0.1) is 23.7 Å². The van der Waals surface area contributed by atoms with Crippen LogP contribution in [0.5, 0.6) is 17.2 Å². The quantitative estimate of drug-likeness (QED) is 0.224. The number of methoxy groups -OCH3 is 2. The van der Waals surface area contributed by atoms with E-state index in [1.807, 2.05) is 0 Å². The van der Waals surface area contributed by atoms with Crippen LogP contribution in [0.3, 0.4) is 0 Å². The Balaban J connectivity index is 1.48. The van der Waals surface area contributed by atoms with Crippen molar-refractivity contribution in [3.63, 3.8) is 0 Å². The molecular weight excluding hydrogens is 704 g/mol. The number of hydrazine groups is 1. The van der Waals surface area contributed by atoms with E-state index < -0.39 is 81.2 Å². The van der Waals surface area contributed by atoms with Gasteiger partial charge in [0.1, 0.15) is 17.2 Å². The van der Waals surface area contributed by atoms with Gasteiger partial charge in [0.2, 0.25) is 11.8 Å². The van der Waals surface area contributed by atoms with Crippen LogP contribution in [0.2, 0.25) is 10.0 Å². The maximum Gasteiger partial charge on any atom is 0.417 e. The number of carbonyl (C=O) groups is 4. The fourth-order valence-electron chi connectivity index (χ4n) is 8.17. The minimum Gasteiger partial charge on any atom is -0.507 e. The number of hydrogen-bond donors (Lipinski definition) is 3. The number of fused-ring (bicyclic) bond motifs is 4. The molecule has 4 aliphatic rings. The van der Waals surface area contributed by atoms with Gasteiger partial charge in [0, 0.05) is 34.8 Å². The van der Waals surface area contributed by atoms with Crippen molar-refractivity contribution in [1.82, 2.24) is 15.3 Å². The van der Waals surface area contributed by atoms with E-state index in [-0.39, 0.29) is 35.7 Å². The van der Waals surface area contributed by atoms with E-state index >= 15 is 4.79 Å². The molecular formula is C34H27Cl2F3N4O7. The Kier molecular flexibility index (Phi) is 8.02. The molecule has 2 aliphatic carbocycles. The number of pyridine rings is 1. The van der Waals surface area contributed by atoms with Crippen molar-refractivity contribution in [1.29, 1.82) is 0 Å². The van der Waals surface area contributed by atoms with Gasteiger partial charge in [-0.05, 0) is 42.5 Å². The number of hydrogen-bond acceptors (Lipinski definition) is 9. The lowest BCUT2D eigenvalue weighted by atomic mass is 9.49. The molecule has 3 heterocycles. The first-order valence-electron chi connectivity index (χ1n) is 15.4. The molecule has 2 aromatic carbocycles. The fourth-order valence-corrected chi connectivity index (χ4v) is 8.51. The second-order valence-corrected chi connectivity index (χ2v) is 13.4. The largest absolute Gasteiger partial charge is 0.507 e. The minimum absolute atomic E-state index is 0.0804. The molecule has 2 saturated heterocycles. The number of nitrogens with one attached hydrogen (secondary N) is 2. The van der Waals surface area contributed by atoms with Crippen LogP contribution in [-0.2, 0) is 30.8 Å². The number of amides is 4. The number of allylic oxidation sites excluding steroid dienone is 2. The maximum atomic E-state index is 15.2. The van der Waals surface area contributed by atoms with Crippen LogP contribution in [0.15, 0.2) is 60.3 Å². The fraction of sp³-hybridized carbons (Fsp3) is 0.324. The molecule has 16 heteroatoms. The van der Waals surface area contributed by atoms with Crippen molar-refractivity contribution in [2.24, 2.45) is 23.7 Å². The number of rotatable bonds is 6. The lowest BCUT2D eigenvalue weighted by Gasteiger charge is -2.50.